The number of hydrogen-bond acceptors (Lipinski definition) is 2. The molecule has 1 nitrogen and oxygen atoms in total. The van der Waals surface area contributed by atoms with E-state index in [4.69, 9.17) is 11.6 Å². The van der Waals surface area contributed by atoms with E-state index in [1.165, 1.54) is 17.4 Å². The summed E-state index contributed by atoms with van der Waals surface area (Å²) in [6, 6.07) is 4.59. The molecule has 0 radical (unpaired) electrons. The summed E-state index contributed by atoms with van der Waals surface area (Å²) in [5.74, 6) is -0.348. The molecule has 0 aliphatic rings. The number of aromatic nitrogens is 1. The van der Waals surface area contributed by atoms with Gasteiger partial charge in [0.2, 0.25) is 0 Å². The Morgan fingerprint density at radius 2 is 2.21 bits per heavy atom. The van der Waals surface area contributed by atoms with Gasteiger partial charge in [0, 0.05) is 0 Å². The summed E-state index contributed by atoms with van der Waals surface area (Å²) in [5.41, 5.74) is 0.366. The monoisotopic (exact) mass is 291 g/mol. The normalized spacial score (nSPS) is 10.5. The number of benzene rings is 1. The van der Waals surface area contributed by atoms with Crippen molar-refractivity contribution in [2.24, 2.45) is 0 Å². The lowest BCUT2D eigenvalue weighted by molar-refractivity contribution is 0.631. The van der Waals surface area contributed by atoms with E-state index < -0.39 is 0 Å². The Bertz CT molecular complexity index is 451. The van der Waals surface area contributed by atoms with Gasteiger partial charge in [-0.3, -0.25) is 0 Å². The van der Waals surface area contributed by atoms with Crippen molar-refractivity contribution >= 4 is 38.9 Å². The van der Waals surface area contributed by atoms with Gasteiger partial charge >= 0.3 is 0 Å². The summed E-state index contributed by atoms with van der Waals surface area (Å²) in [5, 5.41) is 0.965. The van der Waals surface area contributed by atoms with Crippen molar-refractivity contribution in [3.63, 3.8) is 0 Å². The SMILES string of the molecule is Fc1cccc(Cl)c1-c1ncc(Br)s1. The summed E-state index contributed by atoms with van der Waals surface area (Å²) in [7, 11) is 0. The molecular formula is C9H4BrClFNS. The molecule has 5 heteroatoms. The fourth-order valence-electron chi connectivity index (χ4n) is 1.07. The predicted octanol–water partition coefficient (Wildman–Crippen LogP) is 4.37. The van der Waals surface area contributed by atoms with Crippen molar-refractivity contribution in [2.45, 2.75) is 0 Å². The molecule has 2 aromatic rings. The van der Waals surface area contributed by atoms with Gasteiger partial charge in [-0.1, -0.05) is 17.7 Å². The van der Waals surface area contributed by atoms with Crippen LogP contribution in [0.25, 0.3) is 10.6 Å². The van der Waals surface area contributed by atoms with Crippen LogP contribution in [0.4, 0.5) is 4.39 Å². The molecule has 0 amide bonds. The second-order valence-electron chi connectivity index (χ2n) is 2.57. The molecule has 0 aliphatic carbocycles. The summed E-state index contributed by atoms with van der Waals surface area (Å²) in [6.07, 6.45) is 1.63. The van der Waals surface area contributed by atoms with Crippen molar-refractivity contribution in [2.75, 3.05) is 0 Å². The van der Waals surface area contributed by atoms with Crippen LogP contribution in [0.5, 0.6) is 0 Å². The Morgan fingerprint density at radius 1 is 1.43 bits per heavy atom. The van der Waals surface area contributed by atoms with E-state index in [0.29, 0.717) is 15.6 Å². The molecular weight excluding hydrogens is 289 g/mol. The minimum atomic E-state index is -0.348. The van der Waals surface area contributed by atoms with Crippen LogP contribution in [0.1, 0.15) is 0 Å². The van der Waals surface area contributed by atoms with Crippen molar-refractivity contribution < 1.29 is 4.39 Å². The topological polar surface area (TPSA) is 12.9 Å². The zero-order chi connectivity index (χ0) is 10.1. The summed E-state index contributed by atoms with van der Waals surface area (Å²) >= 11 is 10.5. The number of thiazole rings is 1. The molecule has 2 rings (SSSR count). The first kappa shape index (κ1) is 10.1. The summed E-state index contributed by atoms with van der Waals surface area (Å²) in [6.45, 7) is 0. The molecule has 1 heterocycles. The highest BCUT2D eigenvalue weighted by Crippen LogP contribution is 2.34. The Balaban J connectivity index is 2.61. The molecule has 14 heavy (non-hydrogen) atoms. The molecule has 0 aliphatic heterocycles. The van der Waals surface area contributed by atoms with Crippen LogP contribution in [-0.2, 0) is 0 Å². The molecule has 0 atom stereocenters. The third-order valence-corrected chi connectivity index (χ3v) is 3.46. The fraction of sp³-hybridized carbons (Fsp3) is 0. The van der Waals surface area contributed by atoms with Gasteiger partial charge in [0.15, 0.2) is 0 Å². The molecule has 0 N–H and O–H groups in total. The quantitative estimate of drug-likeness (QED) is 0.761. The van der Waals surface area contributed by atoms with E-state index in [1.54, 1.807) is 18.3 Å². The largest absolute Gasteiger partial charge is 0.243 e. The van der Waals surface area contributed by atoms with E-state index in [9.17, 15) is 4.39 Å². The summed E-state index contributed by atoms with van der Waals surface area (Å²) < 4.78 is 14.3. The molecule has 0 bridgehead atoms. The van der Waals surface area contributed by atoms with E-state index in [0.717, 1.165) is 3.79 Å². The van der Waals surface area contributed by atoms with Crippen LogP contribution >= 0.6 is 38.9 Å². The Morgan fingerprint density at radius 3 is 2.79 bits per heavy atom. The maximum absolute atomic E-state index is 13.4. The molecule has 0 spiro atoms. The van der Waals surface area contributed by atoms with Crippen molar-refractivity contribution in [1.29, 1.82) is 0 Å². The molecule has 72 valence electrons. The van der Waals surface area contributed by atoms with Crippen LogP contribution < -0.4 is 0 Å². The van der Waals surface area contributed by atoms with Crippen LogP contribution in [0.3, 0.4) is 0 Å². The maximum atomic E-state index is 13.4. The van der Waals surface area contributed by atoms with Crippen LogP contribution in [0, 0.1) is 5.82 Å². The minimum Gasteiger partial charge on any atom is -0.243 e. The van der Waals surface area contributed by atoms with Gasteiger partial charge < -0.3 is 0 Å². The lowest BCUT2D eigenvalue weighted by atomic mass is 10.2. The second kappa shape index (κ2) is 3.96. The highest BCUT2D eigenvalue weighted by Gasteiger charge is 2.12. The van der Waals surface area contributed by atoms with E-state index in [1.807, 2.05) is 0 Å². The van der Waals surface area contributed by atoms with E-state index in [2.05, 4.69) is 20.9 Å². The van der Waals surface area contributed by atoms with Gasteiger partial charge in [0.05, 0.1) is 20.6 Å². The number of halogens is 3. The minimum absolute atomic E-state index is 0.348. The third-order valence-electron chi connectivity index (χ3n) is 1.65. The second-order valence-corrected chi connectivity index (χ2v) is 5.38. The van der Waals surface area contributed by atoms with Gasteiger partial charge in [0.1, 0.15) is 10.8 Å². The Labute approximate surface area is 97.7 Å². The molecule has 0 fully saturated rings. The van der Waals surface area contributed by atoms with Gasteiger partial charge in [0.25, 0.3) is 0 Å². The molecule has 0 saturated carbocycles. The first-order chi connectivity index (χ1) is 6.68. The fourth-order valence-corrected chi connectivity index (χ4v) is 2.65. The van der Waals surface area contributed by atoms with Crippen molar-refractivity contribution in [3.05, 3.63) is 39.0 Å². The number of rotatable bonds is 1. The zero-order valence-electron chi connectivity index (χ0n) is 6.80. The lowest BCUT2D eigenvalue weighted by Crippen LogP contribution is -1.83. The standard InChI is InChI=1S/C9H4BrClFNS/c10-7-4-13-9(14-7)8-5(11)2-1-3-6(8)12/h1-4H. The number of hydrogen-bond donors (Lipinski definition) is 0. The van der Waals surface area contributed by atoms with Gasteiger partial charge in [-0.2, -0.15) is 0 Å². The van der Waals surface area contributed by atoms with Crippen LogP contribution in [-0.4, -0.2) is 4.98 Å². The molecule has 0 saturated heterocycles. The molecule has 1 aromatic carbocycles. The first-order valence-electron chi connectivity index (χ1n) is 3.74. The Kier molecular flexibility index (Phi) is 2.85. The van der Waals surface area contributed by atoms with E-state index >= 15 is 0 Å². The third kappa shape index (κ3) is 1.82. The molecule has 0 unspecified atom stereocenters. The first-order valence-corrected chi connectivity index (χ1v) is 5.73. The Hall–Kier alpha value is -0.450. The zero-order valence-corrected chi connectivity index (χ0v) is 9.96. The molecule has 1 aromatic heterocycles. The summed E-state index contributed by atoms with van der Waals surface area (Å²) in [4.78, 5) is 4.05. The highest BCUT2D eigenvalue weighted by molar-refractivity contribution is 9.11. The predicted molar refractivity (Wildman–Crippen MR) is 60.2 cm³/mol. The maximum Gasteiger partial charge on any atom is 0.134 e. The van der Waals surface area contributed by atoms with Gasteiger partial charge in [-0.15, -0.1) is 11.3 Å². The average Bonchev–Trinajstić information content (AvgIpc) is 2.51. The van der Waals surface area contributed by atoms with E-state index in [-0.39, 0.29) is 5.82 Å². The average molecular weight is 293 g/mol. The van der Waals surface area contributed by atoms with Gasteiger partial charge in [-0.25, -0.2) is 9.37 Å². The van der Waals surface area contributed by atoms with Crippen molar-refractivity contribution in [3.8, 4) is 10.6 Å². The highest BCUT2D eigenvalue weighted by atomic mass is 79.9. The van der Waals surface area contributed by atoms with Crippen LogP contribution in [0.15, 0.2) is 28.2 Å². The van der Waals surface area contributed by atoms with Gasteiger partial charge in [-0.05, 0) is 28.1 Å². The smallest absolute Gasteiger partial charge is 0.134 e. The lowest BCUT2D eigenvalue weighted by Gasteiger charge is -2.00. The van der Waals surface area contributed by atoms with Crippen LogP contribution in [0.2, 0.25) is 5.02 Å². The number of nitrogens with zero attached hydrogens (tertiary/aromatic N) is 1. The van der Waals surface area contributed by atoms with Crippen molar-refractivity contribution in [1.82, 2.24) is 4.98 Å².